The molecule has 0 unspecified atom stereocenters. The lowest BCUT2D eigenvalue weighted by Gasteiger charge is -2.26. The molecule has 1 aliphatic rings. The van der Waals surface area contributed by atoms with Crippen LogP contribution in [-0.4, -0.2) is 38.3 Å². The molecule has 0 radical (unpaired) electrons. The highest BCUT2D eigenvalue weighted by molar-refractivity contribution is 7.15. The summed E-state index contributed by atoms with van der Waals surface area (Å²) in [7, 11) is 2.17. The van der Waals surface area contributed by atoms with Gasteiger partial charge in [-0.05, 0) is 38.1 Å². The SMILES string of the molecule is Cc1nc(N(C)CC2CCOCC2)sc1CNCC(C)C. The highest BCUT2D eigenvalue weighted by Crippen LogP contribution is 2.27. The maximum Gasteiger partial charge on any atom is 0.185 e. The van der Waals surface area contributed by atoms with Crippen LogP contribution < -0.4 is 10.2 Å². The third kappa shape index (κ3) is 5.24. The molecule has 1 fully saturated rings. The minimum Gasteiger partial charge on any atom is -0.381 e. The van der Waals surface area contributed by atoms with Crippen LogP contribution in [0.2, 0.25) is 0 Å². The number of aryl methyl sites for hydroxylation is 1. The Hall–Kier alpha value is -0.650. The predicted molar refractivity (Wildman–Crippen MR) is 90.2 cm³/mol. The molecule has 1 aliphatic heterocycles. The van der Waals surface area contributed by atoms with Gasteiger partial charge in [0.25, 0.3) is 0 Å². The average Bonchev–Trinajstić information content (AvgIpc) is 2.81. The van der Waals surface area contributed by atoms with E-state index in [0.717, 1.165) is 43.9 Å². The summed E-state index contributed by atoms with van der Waals surface area (Å²) in [6, 6.07) is 0. The molecule has 0 spiro atoms. The van der Waals surface area contributed by atoms with Crippen LogP contribution in [0.3, 0.4) is 0 Å². The number of anilines is 1. The van der Waals surface area contributed by atoms with E-state index in [-0.39, 0.29) is 0 Å². The number of thiazole rings is 1. The van der Waals surface area contributed by atoms with Gasteiger partial charge < -0.3 is 15.0 Å². The molecule has 0 amide bonds. The van der Waals surface area contributed by atoms with E-state index < -0.39 is 0 Å². The standard InChI is InChI=1S/C16H29N3OS/c1-12(2)9-17-10-15-13(3)18-16(21-15)19(4)11-14-5-7-20-8-6-14/h12,14,17H,5-11H2,1-4H3. The lowest BCUT2D eigenvalue weighted by atomic mass is 10.0. The number of hydrogen-bond donors (Lipinski definition) is 1. The van der Waals surface area contributed by atoms with E-state index in [4.69, 9.17) is 9.72 Å². The Morgan fingerprint density at radius 3 is 2.76 bits per heavy atom. The van der Waals surface area contributed by atoms with Crippen LogP contribution in [0.1, 0.15) is 37.3 Å². The molecule has 1 saturated heterocycles. The number of hydrogen-bond acceptors (Lipinski definition) is 5. The summed E-state index contributed by atoms with van der Waals surface area (Å²) in [6.07, 6.45) is 2.36. The fourth-order valence-electron chi connectivity index (χ4n) is 2.61. The first kappa shape index (κ1) is 16.7. The second kappa shape index (κ2) is 8.11. The molecule has 21 heavy (non-hydrogen) atoms. The largest absolute Gasteiger partial charge is 0.381 e. The van der Waals surface area contributed by atoms with E-state index >= 15 is 0 Å². The fraction of sp³-hybridized carbons (Fsp3) is 0.812. The Bertz CT molecular complexity index is 427. The zero-order valence-corrected chi connectivity index (χ0v) is 14.6. The van der Waals surface area contributed by atoms with Gasteiger partial charge in [-0.25, -0.2) is 4.98 Å². The van der Waals surface area contributed by atoms with E-state index in [9.17, 15) is 0 Å². The minimum atomic E-state index is 0.689. The van der Waals surface area contributed by atoms with Crippen LogP contribution in [0.15, 0.2) is 0 Å². The van der Waals surface area contributed by atoms with Gasteiger partial charge in [-0.2, -0.15) is 0 Å². The van der Waals surface area contributed by atoms with Crippen LogP contribution in [0.25, 0.3) is 0 Å². The molecule has 1 aromatic heterocycles. The molecule has 120 valence electrons. The van der Waals surface area contributed by atoms with E-state index in [2.05, 4.69) is 38.0 Å². The monoisotopic (exact) mass is 311 g/mol. The molecule has 0 saturated carbocycles. The second-order valence-corrected chi connectivity index (χ2v) is 7.53. The number of nitrogens with one attached hydrogen (secondary N) is 1. The topological polar surface area (TPSA) is 37.4 Å². The molecule has 1 N–H and O–H groups in total. The van der Waals surface area contributed by atoms with Crippen molar-refractivity contribution in [3.8, 4) is 0 Å². The Morgan fingerprint density at radius 1 is 1.38 bits per heavy atom. The van der Waals surface area contributed by atoms with Crippen molar-refractivity contribution in [2.45, 2.75) is 40.2 Å². The normalized spacial score (nSPS) is 16.6. The first-order chi connectivity index (χ1) is 10.1. The second-order valence-electron chi connectivity index (χ2n) is 6.47. The molecule has 1 aromatic rings. The fourth-order valence-corrected chi connectivity index (χ4v) is 3.61. The summed E-state index contributed by atoms with van der Waals surface area (Å²) in [5.41, 5.74) is 1.17. The summed E-state index contributed by atoms with van der Waals surface area (Å²) >= 11 is 1.83. The maximum absolute atomic E-state index is 5.43. The van der Waals surface area contributed by atoms with Gasteiger partial charge >= 0.3 is 0 Å². The van der Waals surface area contributed by atoms with Crippen molar-refractivity contribution in [2.24, 2.45) is 11.8 Å². The van der Waals surface area contributed by atoms with Crippen LogP contribution in [0, 0.1) is 18.8 Å². The Morgan fingerprint density at radius 2 is 2.10 bits per heavy atom. The first-order valence-corrected chi connectivity index (χ1v) is 8.83. The van der Waals surface area contributed by atoms with Gasteiger partial charge in [0.15, 0.2) is 5.13 Å². The van der Waals surface area contributed by atoms with Gasteiger partial charge in [-0.1, -0.05) is 13.8 Å². The third-order valence-electron chi connectivity index (χ3n) is 3.92. The highest BCUT2D eigenvalue weighted by atomic mass is 32.1. The van der Waals surface area contributed by atoms with Crippen molar-refractivity contribution in [2.75, 3.05) is 38.3 Å². The molecule has 5 heteroatoms. The molecule has 0 aliphatic carbocycles. The maximum atomic E-state index is 5.43. The molecule has 0 atom stereocenters. The predicted octanol–water partition coefficient (Wildman–Crippen LogP) is 3.06. The highest BCUT2D eigenvalue weighted by Gasteiger charge is 2.18. The van der Waals surface area contributed by atoms with Crippen molar-refractivity contribution < 1.29 is 4.74 Å². The van der Waals surface area contributed by atoms with Gasteiger partial charge in [-0.3, -0.25) is 0 Å². The first-order valence-electron chi connectivity index (χ1n) is 8.02. The number of ether oxygens (including phenoxy) is 1. The van der Waals surface area contributed by atoms with Crippen molar-refractivity contribution >= 4 is 16.5 Å². The van der Waals surface area contributed by atoms with Crippen LogP contribution in [-0.2, 0) is 11.3 Å². The van der Waals surface area contributed by atoms with Gasteiger partial charge in [0.1, 0.15) is 0 Å². The number of aromatic nitrogens is 1. The molecule has 0 bridgehead atoms. The lowest BCUT2D eigenvalue weighted by Crippen LogP contribution is -2.29. The van der Waals surface area contributed by atoms with Crippen molar-refractivity contribution in [3.05, 3.63) is 10.6 Å². The summed E-state index contributed by atoms with van der Waals surface area (Å²) in [5, 5.41) is 4.66. The number of nitrogens with zero attached hydrogens (tertiary/aromatic N) is 2. The van der Waals surface area contributed by atoms with Gasteiger partial charge in [0.05, 0.1) is 5.69 Å². The van der Waals surface area contributed by atoms with Gasteiger partial charge in [0, 0.05) is 38.2 Å². The van der Waals surface area contributed by atoms with Crippen molar-refractivity contribution in [1.82, 2.24) is 10.3 Å². The number of rotatable bonds is 7. The molecule has 4 nitrogen and oxygen atoms in total. The van der Waals surface area contributed by atoms with Crippen molar-refractivity contribution in [3.63, 3.8) is 0 Å². The Labute approximate surface area is 132 Å². The smallest absolute Gasteiger partial charge is 0.185 e. The summed E-state index contributed by atoms with van der Waals surface area (Å²) in [5.74, 6) is 1.43. The van der Waals surface area contributed by atoms with Crippen LogP contribution >= 0.6 is 11.3 Å². The summed E-state index contributed by atoms with van der Waals surface area (Å²) in [4.78, 5) is 8.43. The van der Waals surface area contributed by atoms with Crippen LogP contribution in [0.5, 0.6) is 0 Å². The van der Waals surface area contributed by atoms with Crippen molar-refractivity contribution in [1.29, 1.82) is 0 Å². The lowest BCUT2D eigenvalue weighted by molar-refractivity contribution is 0.0685. The summed E-state index contributed by atoms with van der Waals surface area (Å²) < 4.78 is 5.43. The van der Waals surface area contributed by atoms with E-state index in [1.807, 2.05) is 11.3 Å². The molecule has 0 aromatic carbocycles. The average molecular weight is 311 g/mol. The Balaban J connectivity index is 1.87. The van der Waals surface area contributed by atoms with E-state index in [0.29, 0.717) is 5.92 Å². The third-order valence-corrected chi connectivity index (χ3v) is 5.19. The molecular formula is C16H29N3OS. The molecular weight excluding hydrogens is 282 g/mol. The van der Waals surface area contributed by atoms with Crippen LogP contribution in [0.4, 0.5) is 5.13 Å². The molecule has 2 rings (SSSR count). The minimum absolute atomic E-state index is 0.689. The zero-order chi connectivity index (χ0) is 15.2. The van der Waals surface area contributed by atoms with Gasteiger partial charge in [-0.15, -0.1) is 11.3 Å². The zero-order valence-electron chi connectivity index (χ0n) is 13.8. The summed E-state index contributed by atoms with van der Waals surface area (Å²) in [6.45, 7) is 11.5. The van der Waals surface area contributed by atoms with Gasteiger partial charge in [0.2, 0.25) is 0 Å². The molecule has 2 heterocycles. The van der Waals surface area contributed by atoms with E-state index in [1.54, 1.807) is 0 Å². The Kier molecular flexibility index (Phi) is 6.45. The quantitative estimate of drug-likeness (QED) is 0.840. The van der Waals surface area contributed by atoms with E-state index in [1.165, 1.54) is 23.4 Å².